The molecule has 0 aromatic carbocycles. The van der Waals surface area contributed by atoms with Gasteiger partial charge in [-0.25, -0.2) is 9.97 Å². The maximum absolute atomic E-state index is 5.15. The van der Waals surface area contributed by atoms with Gasteiger partial charge in [0, 0.05) is 25.8 Å². The third-order valence-corrected chi connectivity index (χ3v) is 3.17. The molecule has 1 aromatic heterocycles. The van der Waals surface area contributed by atoms with E-state index in [0.717, 1.165) is 36.9 Å². The Balaban J connectivity index is 2.71. The molecular formula is C16H30N4O. The fourth-order valence-corrected chi connectivity index (χ4v) is 2.02. The lowest BCUT2D eigenvalue weighted by molar-refractivity contribution is 0.178. The largest absolute Gasteiger partial charge is 0.377 e. The molecule has 5 heteroatoms. The van der Waals surface area contributed by atoms with Crippen molar-refractivity contribution < 1.29 is 4.74 Å². The minimum absolute atomic E-state index is 0.400. The van der Waals surface area contributed by atoms with E-state index in [4.69, 9.17) is 4.74 Å². The third-order valence-electron chi connectivity index (χ3n) is 3.17. The van der Waals surface area contributed by atoms with E-state index in [1.807, 2.05) is 6.07 Å². The van der Waals surface area contributed by atoms with Gasteiger partial charge in [0.15, 0.2) is 5.82 Å². The second kappa shape index (κ2) is 9.55. The van der Waals surface area contributed by atoms with E-state index < -0.39 is 0 Å². The predicted molar refractivity (Wildman–Crippen MR) is 88.7 cm³/mol. The van der Waals surface area contributed by atoms with Gasteiger partial charge in [-0.15, -0.1) is 0 Å². The first-order chi connectivity index (χ1) is 10.0. The molecule has 1 heterocycles. The quantitative estimate of drug-likeness (QED) is 0.689. The summed E-state index contributed by atoms with van der Waals surface area (Å²) < 4.78 is 5.15. The molecule has 1 atom stereocenters. The average molecular weight is 294 g/mol. The van der Waals surface area contributed by atoms with E-state index in [0.29, 0.717) is 18.5 Å². The Labute approximate surface area is 128 Å². The second-order valence-corrected chi connectivity index (χ2v) is 5.93. The molecule has 0 saturated carbocycles. The molecule has 1 unspecified atom stereocenters. The second-order valence-electron chi connectivity index (χ2n) is 5.93. The van der Waals surface area contributed by atoms with E-state index in [2.05, 4.69) is 48.3 Å². The summed E-state index contributed by atoms with van der Waals surface area (Å²) in [6.45, 7) is 10.2. The lowest BCUT2D eigenvalue weighted by Crippen LogP contribution is -2.18. The van der Waals surface area contributed by atoms with Crippen molar-refractivity contribution in [3.05, 3.63) is 11.9 Å². The Hall–Kier alpha value is -1.36. The zero-order valence-corrected chi connectivity index (χ0v) is 14.1. The number of nitrogens with one attached hydrogen (secondary N) is 2. The molecule has 1 aromatic rings. The van der Waals surface area contributed by atoms with Gasteiger partial charge in [-0.2, -0.15) is 0 Å². The highest BCUT2D eigenvalue weighted by atomic mass is 16.5. The van der Waals surface area contributed by atoms with Gasteiger partial charge < -0.3 is 15.4 Å². The Morgan fingerprint density at radius 3 is 2.48 bits per heavy atom. The first-order valence-electron chi connectivity index (χ1n) is 7.92. The first-order valence-corrected chi connectivity index (χ1v) is 7.92. The Bertz CT molecular complexity index is 409. The standard InChI is InChI=1S/C16H30N4O/c1-6-9-17-14-10-15(20-16(19-14)11-21-5)18-13(4)8-7-12(2)3/h10,12-13H,6-9,11H2,1-5H3,(H2,17,18,19,20). The van der Waals surface area contributed by atoms with Crippen LogP contribution in [0, 0.1) is 5.92 Å². The van der Waals surface area contributed by atoms with Crippen LogP contribution in [0.3, 0.4) is 0 Å². The lowest BCUT2D eigenvalue weighted by atomic mass is 10.0. The maximum atomic E-state index is 5.15. The van der Waals surface area contributed by atoms with Crippen LogP contribution in [-0.4, -0.2) is 29.7 Å². The molecule has 0 saturated heterocycles. The zero-order chi connectivity index (χ0) is 15.7. The monoisotopic (exact) mass is 294 g/mol. The normalized spacial score (nSPS) is 12.5. The summed E-state index contributed by atoms with van der Waals surface area (Å²) >= 11 is 0. The minimum atomic E-state index is 0.400. The van der Waals surface area contributed by atoms with Crippen molar-refractivity contribution in [3.63, 3.8) is 0 Å². The van der Waals surface area contributed by atoms with Crippen molar-refractivity contribution in [2.75, 3.05) is 24.3 Å². The number of anilines is 2. The average Bonchev–Trinajstić information content (AvgIpc) is 2.43. The molecule has 0 fully saturated rings. The predicted octanol–water partition coefficient (Wildman–Crippen LogP) is 3.68. The summed E-state index contributed by atoms with van der Waals surface area (Å²) in [5.41, 5.74) is 0. The van der Waals surface area contributed by atoms with Gasteiger partial charge in [0.1, 0.15) is 18.2 Å². The molecule has 5 nitrogen and oxygen atoms in total. The van der Waals surface area contributed by atoms with Crippen LogP contribution < -0.4 is 10.6 Å². The highest BCUT2D eigenvalue weighted by Gasteiger charge is 2.08. The third kappa shape index (κ3) is 7.27. The Kier molecular flexibility index (Phi) is 8.05. The number of hydrogen-bond acceptors (Lipinski definition) is 5. The van der Waals surface area contributed by atoms with Crippen LogP contribution >= 0.6 is 0 Å². The van der Waals surface area contributed by atoms with Crippen LogP contribution in [-0.2, 0) is 11.3 Å². The fourth-order valence-electron chi connectivity index (χ4n) is 2.02. The fraction of sp³-hybridized carbons (Fsp3) is 0.750. The summed E-state index contributed by atoms with van der Waals surface area (Å²) in [5, 5.41) is 6.78. The highest BCUT2D eigenvalue weighted by molar-refractivity contribution is 5.48. The molecule has 21 heavy (non-hydrogen) atoms. The Morgan fingerprint density at radius 2 is 1.86 bits per heavy atom. The van der Waals surface area contributed by atoms with E-state index >= 15 is 0 Å². The smallest absolute Gasteiger partial charge is 0.158 e. The van der Waals surface area contributed by atoms with Gasteiger partial charge >= 0.3 is 0 Å². The topological polar surface area (TPSA) is 59.1 Å². The SMILES string of the molecule is CCCNc1cc(NC(C)CCC(C)C)nc(COC)n1. The van der Waals surface area contributed by atoms with Crippen molar-refractivity contribution >= 4 is 11.6 Å². The van der Waals surface area contributed by atoms with Crippen molar-refractivity contribution in [1.82, 2.24) is 9.97 Å². The van der Waals surface area contributed by atoms with Gasteiger partial charge in [-0.1, -0.05) is 20.8 Å². The molecular weight excluding hydrogens is 264 g/mol. The summed E-state index contributed by atoms with van der Waals surface area (Å²) in [7, 11) is 1.66. The summed E-state index contributed by atoms with van der Waals surface area (Å²) in [6, 6.07) is 2.37. The van der Waals surface area contributed by atoms with E-state index in [-0.39, 0.29) is 0 Å². The van der Waals surface area contributed by atoms with Crippen molar-refractivity contribution in [3.8, 4) is 0 Å². The molecule has 0 spiro atoms. The zero-order valence-electron chi connectivity index (χ0n) is 14.1. The number of hydrogen-bond donors (Lipinski definition) is 2. The molecule has 0 aliphatic rings. The number of aromatic nitrogens is 2. The van der Waals surface area contributed by atoms with Crippen LogP contribution in [0.5, 0.6) is 0 Å². The first kappa shape index (κ1) is 17.7. The Morgan fingerprint density at radius 1 is 1.14 bits per heavy atom. The number of rotatable bonds is 10. The highest BCUT2D eigenvalue weighted by Crippen LogP contribution is 2.15. The van der Waals surface area contributed by atoms with Crippen LogP contribution in [0.15, 0.2) is 6.07 Å². The summed E-state index contributed by atoms with van der Waals surface area (Å²) in [6.07, 6.45) is 3.42. The maximum Gasteiger partial charge on any atom is 0.158 e. The van der Waals surface area contributed by atoms with Crippen LogP contribution in [0.1, 0.15) is 52.8 Å². The number of methoxy groups -OCH3 is 1. The van der Waals surface area contributed by atoms with Gasteiger partial charge in [0.25, 0.3) is 0 Å². The van der Waals surface area contributed by atoms with Gasteiger partial charge in [-0.05, 0) is 32.1 Å². The number of nitrogens with zero attached hydrogens (tertiary/aromatic N) is 2. The van der Waals surface area contributed by atoms with E-state index in [9.17, 15) is 0 Å². The molecule has 0 aliphatic heterocycles. The lowest BCUT2D eigenvalue weighted by Gasteiger charge is -2.17. The van der Waals surface area contributed by atoms with Crippen molar-refractivity contribution in [1.29, 1.82) is 0 Å². The summed E-state index contributed by atoms with van der Waals surface area (Å²) in [4.78, 5) is 8.97. The van der Waals surface area contributed by atoms with Crippen LogP contribution in [0.4, 0.5) is 11.6 Å². The van der Waals surface area contributed by atoms with E-state index in [1.54, 1.807) is 7.11 Å². The molecule has 0 bridgehead atoms. The van der Waals surface area contributed by atoms with Crippen molar-refractivity contribution in [2.24, 2.45) is 5.92 Å². The summed E-state index contributed by atoms with van der Waals surface area (Å²) in [5.74, 6) is 3.16. The van der Waals surface area contributed by atoms with Crippen LogP contribution in [0.2, 0.25) is 0 Å². The molecule has 2 N–H and O–H groups in total. The van der Waals surface area contributed by atoms with Gasteiger partial charge in [0.05, 0.1) is 0 Å². The van der Waals surface area contributed by atoms with Crippen LogP contribution in [0.25, 0.3) is 0 Å². The van der Waals surface area contributed by atoms with Gasteiger partial charge in [0.2, 0.25) is 0 Å². The van der Waals surface area contributed by atoms with Crippen molar-refractivity contribution in [2.45, 2.75) is 59.6 Å². The van der Waals surface area contributed by atoms with E-state index in [1.165, 1.54) is 6.42 Å². The molecule has 0 radical (unpaired) electrons. The minimum Gasteiger partial charge on any atom is -0.377 e. The van der Waals surface area contributed by atoms with Gasteiger partial charge in [-0.3, -0.25) is 0 Å². The molecule has 1 rings (SSSR count). The molecule has 0 aliphatic carbocycles. The molecule has 120 valence electrons. The molecule has 0 amide bonds. The number of ether oxygens (including phenoxy) is 1.